The molecule has 218 valence electrons. The molecule has 0 bridgehead atoms. The number of anilines is 1. The van der Waals surface area contributed by atoms with E-state index in [0.717, 1.165) is 22.5 Å². The van der Waals surface area contributed by atoms with Crippen molar-refractivity contribution in [2.24, 2.45) is 0 Å². The summed E-state index contributed by atoms with van der Waals surface area (Å²) in [6.45, 7) is 2.53. The summed E-state index contributed by atoms with van der Waals surface area (Å²) in [5, 5.41) is 11.1. The minimum absolute atomic E-state index is 0.0335. The fraction of sp³-hybridized carbons (Fsp3) is 0.440. The van der Waals surface area contributed by atoms with Gasteiger partial charge in [-0.3, -0.25) is 9.69 Å². The lowest BCUT2D eigenvalue weighted by molar-refractivity contribution is 0.0271. The molecule has 2 fully saturated rings. The third kappa shape index (κ3) is 6.71. The number of carbonyl (C=O) groups is 2. The Bertz CT molecular complexity index is 1340. The maximum atomic E-state index is 14.6. The molecule has 0 unspecified atom stereocenters. The molecule has 0 saturated carbocycles. The summed E-state index contributed by atoms with van der Waals surface area (Å²) in [7, 11) is -4.39. The largest absolute Gasteiger partial charge is 0.446 e. The third-order valence-electron chi connectivity index (χ3n) is 6.77. The molecule has 2 aromatic carbocycles. The van der Waals surface area contributed by atoms with Crippen molar-refractivity contribution >= 4 is 27.7 Å². The molecule has 0 aromatic heterocycles. The van der Waals surface area contributed by atoms with Crippen LogP contribution in [0.1, 0.15) is 23.2 Å². The van der Waals surface area contributed by atoms with Crippen molar-refractivity contribution in [2.75, 3.05) is 57.7 Å². The van der Waals surface area contributed by atoms with Gasteiger partial charge in [0, 0.05) is 69.2 Å². The van der Waals surface area contributed by atoms with E-state index in [4.69, 9.17) is 9.84 Å². The minimum atomic E-state index is -4.39. The number of ether oxygens (including phenoxy) is 1. The highest BCUT2D eigenvalue weighted by atomic mass is 32.2. The first-order chi connectivity index (χ1) is 19.0. The zero-order chi connectivity index (χ0) is 29.0. The lowest BCUT2D eigenvalue weighted by Crippen LogP contribution is -2.50. The maximum Gasteiger partial charge on any atom is 0.410 e. The quantitative estimate of drug-likeness (QED) is 0.377. The van der Waals surface area contributed by atoms with Crippen molar-refractivity contribution < 1.29 is 45.4 Å². The summed E-state index contributed by atoms with van der Waals surface area (Å²) in [4.78, 5) is 27.9. The number of sulfonamides is 1. The molecule has 2 N–H and O–H groups in total. The van der Waals surface area contributed by atoms with E-state index in [0.29, 0.717) is 44.9 Å². The van der Waals surface area contributed by atoms with Gasteiger partial charge in [0.15, 0.2) is 17.5 Å². The number of nitrogens with one attached hydrogen (secondary N) is 1. The number of aliphatic hydroxyl groups is 1. The van der Waals surface area contributed by atoms with Gasteiger partial charge in [-0.15, -0.1) is 0 Å². The molecular weight excluding hydrogens is 560 g/mol. The molecule has 2 aliphatic heterocycles. The van der Waals surface area contributed by atoms with Gasteiger partial charge in [0.05, 0.1) is 6.61 Å². The summed E-state index contributed by atoms with van der Waals surface area (Å²) in [6, 6.07) is 3.67. The lowest BCUT2D eigenvalue weighted by Gasteiger charge is -2.36. The minimum Gasteiger partial charge on any atom is -0.446 e. The van der Waals surface area contributed by atoms with Crippen LogP contribution in [0.5, 0.6) is 0 Å². The zero-order valence-electron chi connectivity index (χ0n) is 21.3. The fourth-order valence-electron chi connectivity index (χ4n) is 4.52. The molecule has 2 aromatic rings. The Balaban J connectivity index is 1.37. The number of benzene rings is 2. The molecule has 4 rings (SSSR count). The van der Waals surface area contributed by atoms with Gasteiger partial charge in [-0.1, -0.05) is 0 Å². The van der Waals surface area contributed by atoms with Crippen molar-refractivity contribution in [3.8, 4) is 0 Å². The molecule has 0 spiro atoms. The summed E-state index contributed by atoms with van der Waals surface area (Å²) >= 11 is 0. The van der Waals surface area contributed by atoms with Gasteiger partial charge in [-0.2, -0.15) is 4.31 Å². The Morgan fingerprint density at radius 3 is 2.15 bits per heavy atom. The van der Waals surface area contributed by atoms with E-state index in [-0.39, 0.29) is 38.1 Å². The standard InChI is InChI=1S/C25H28F4N4O6S/c26-19-2-1-16(24(35)30-17-14-20(27)23(29)21(28)15-17)13-22(19)40(37,38)33-5-3-18(4-6-33)39-25(36)32-9-7-31(8-10-32)11-12-34/h1-2,13-15,18,34H,3-12H2,(H,30,35). The van der Waals surface area contributed by atoms with Crippen LogP contribution in [-0.2, 0) is 14.8 Å². The van der Waals surface area contributed by atoms with E-state index in [9.17, 15) is 35.6 Å². The van der Waals surface area contributed by atoms with Gasteiger partial charge in [0.1, 0.15) is 16.8 Å². The number of carbonyl (C=O) groups excluding carboxylic acids is 2. The lowest BCUT2D eigenvalue weighted by atomic mass is 10.1. The number of nitrogens with zero attached hydrogens (tertiary/aromatic N) is 3. The molecule has 0 radical (unpaired) electrons. The third-order valence-corrected chi connectivity index (χ3v) is 8.68. The first kappa shape index (κ1) is 29.7. The SMILES string of the molecule is O=C(Nc1cc(F)c(F)c(F)c1)c1ccc(F)c(S(=O)(=O)N2CCC(OC(=O)N3CCN(CCO)CC3)CC2)c1. The van der Waals surface area contributed by atoms with Crippen LogP contribution in [0.25, 0.3) is 0 Å². The average Bonchev–Trinajstić information content (AvgIpc) is 2.92. The van der Waals surface area contributed by atoms with Crippen molar-refractivity contribution in [1.82, 2.24) is 14.1 Å². The van der Waals surface area contributed by atoms with E-state index >= 15 is 0 Å². The van der Waals surface area contributed by atoms with Crippen LogP contribution in [-0.4, -0.2) is 98.2 Å². The van der Waals surface area contributed by atoms with Gasteiger partial charge in [-0.05, 0) is 31.0 Å². The van der Waals surface area contributed by atoms with Crippen LogP contribution >= 0.6 is 0 Å². The first-order valence-electron chi connectivity index (χ1n) is 12.5. The van der Waals surface area contributed by atoms with Crippen molar-refractivity contribution in [3.63, 3.8) is 0 Å². The van der Waals surface area contributed by atoms with Crippen LogP contribution in [0, 0.1) is 23.3 Å². The second kappa shape index (κ2) is 12.5. The van der Waals surface area contributed by atoms with Crippen molar-refractivity contribution in [2.45, 2.75) is 23.8 Å². The Labute approximate surface area is 228 Å². The molecule has 0 atom stereocenters. The molecule has 2 heterocycles. The number of hydrogen-bond donors (Lipinski definition) is 2. The maximum absolute atomic E-state index is 14.6. The Kier molecular flexibility index (Phi) is 9.28. The van der Waals surface area contributed by atoms with Gasteiger partial charge in [0.25, 0.3) is 5.91 Å². The highest BCUT2D eigenvalue weighted by Crippen LogP contribution is 2.26. The topological polar surface area (TPSA) is 119 Å². The van der Waals surface area contributed by atoms with E-state index in [1.54, 1.807) is 4.90 Å². The van der Waals surface area contributed by atoms with Crippen LogP contribution in [0.2, 0.25) is 0 Å². The van der Waals surface area contributed by atoms with E-state index in [1.807, 2.05) is 4.90 Å². The van der Waals surface area contributed by atoms with Gasteiger partial charge in [-0.25, -0.2) is 30.8 Å². The molecular formula is C25H28F4N4O6S. The van der Waals surface area contributed by atoms with Crippen LogP contribution in [0.3, 0.4) is 0 Å². The highest BCUT2D eigenvalue weighted by molar-refractivity contribution is 7.89. The summed E-state index contributed by atoms with van der Waals surface area (Å²) in [5.74, 6) is -6.89. The normalized spacial score (nSPS) is 17.6. The predicted octanol–water partition coefficient (Wildman–Crippen LogP) is 2.39. The highest BCUT2D eigenvalue weighted by Gasteiger charge is 2.34. The van der Waals surface area contributed by atoms with Gasteiger partial charge in [0.2, 0.25) is 10.0 Å². The van der Waals surface area contributed by atoms with Crippen molar-refractivity contribution in [3.05, 3.63) is 59.2 Å². The predicted molar refractivity (Wildman–Crippen MR) is 134 cm³/mol. The van der Waals surface area contributed by atoms with Crippen molar-refractivity contribution in [1.29, 1.82) is 0 Å². The van der Waals surface area contributed by atoms with E-state index in [1.165, 1.54) is 0 Å². The second-order valence-corrected chi connectivity index (χ2v) is 11.3. The monoisotopic (exact) mass is 588 g/mol. The number of halogens is 4. The number of piperazine rings is 1. The molecule has 10 nitrogen and oxygen atoms in total. The molecule has 2 amide bonds. The Morgan fingerprint density at radius 2 is 1.55 bits per heavy atom. The molecule has 2 saturated heterocycles. The molecule has 40 heavy (non-hydrogen) atoms. The van der Waals surface area contributed by atoms with E-state index < -0.39 is 62.0 Å². The summed E-state index contributed by atoms with van der Waals surface area (Å²) < 4.78 is 87.7. The Hall–Kier alpha value is -3.27. The number of β-amino-alcohol motifs (C(OH)–C–C–N with tert-alkyl or cyclic N) is 1. The number of rotatable bonds is 7. The fourth-order valence-corrected chi connectivity index (χ4v) is 6.08. The summed E-state index contributed by atoms with van der Waals surface area (Å²) in [5.41, 5.74) is -0.730. The average molecular weight is 589 g/mol. The second-order valence-electron chi connectivity index (χ2n) is 9.39. The van der Waals surface area contributed by atoms with Crippen LogP contribution < -0.4 is 5.32 Å². The van der Waals surface area contributed by atoms with E-state index in [2.05, 4.69) is 5.32 Å². The molecule has 0 aliphatic carbocycles. The van der Waals surface area contributed by atoms with Crippen LogP contribution in [0.4, 0.5) is 28.0 Å². The smallest absolute Gasteiger partial charge is 0.410 e. The molecule has 2 aliphatic rings. The number of aliphatic hydroxyl groups excluding tert-OH is 1. The van der Waals surface area contributed by atoms with Crippen LogP contribution in [0.15, 0.2) is 35.2 Å². The Morgan fingerprint density at radius 1 is 0.925 bits per heavy atom. The number of amides is 2. The van der Waals surface area contributed by atoms with Gasteiger partial charge < -0.3 is 20.1 Å². The first-order valence-corrected chi connectivity index (χ1v) is 14.0. The summed E-state index contributed by atoms with van der Waals surface area (Å²) in [6.07, 6.45) is -0.679. The van der Waals surface area contributed by atoms with Gasteiger partial charge >= 0.3 is 6.09 Å². The molecule has 15 heteroatoms. The number of piperidine rings is 1. The zero-order valence-corrected chi connectivity index (χ0v) is 22.1. The number of hydrogen-bond acceptors (Lipinski definition) is 7.